The lowest BCUT2D eigenvalue weighted by Crippen LogP contribution is -2.18. The zero-order valence-corrected chi connectivity index (χ0v) is 15.5. The summed E-state index contributed by atoms with van der Waals surface area (Å²) in [5, 5.41) is 2.69. The number of nitrogens with zero attached hydrogens (tertiary/aromatic N) is 1. The van der Waals surface area contributed by atoms with Crippen LogP contribution in [-0.4, -0.2) is 17.7 Å². The van der Waals surface area contributed by atoms with Crippen molar-refractivity contribution in [3.05, 3.63) is 76.7 Å². The standard InChI is InChI=1S/C21H20N2O2S/c1-3-25-18-11-9-17(10-12-18)22-20-19(26-21(24)23-20)14-15(2)13-16-7-5-4-6-8-16/h4-14H,3H2,1-2H3,(H,22,23,24). The topological polar surface area (TPSA) is 50.7 Å². The van der Waals surface area contributed by atoms with Crippen molar-refractivity contribution in [1.82, 2.24) is 5.32 Å². The number of hydrogen-bond donors (Lipinski definition) is 1. The Balaban J connectivity index is 1.83. The third-order valence-electron chi connectivity index (χ3n) is 3.60. The molecule has 0 aromatic heterocycles. The van der Waals surface area contributed by atoms with Crippen LogP contribution in [0, 0.1) is 0 Å². The van der Waals surface area contributed by atoms with Crippen molar-refractivity contribution < 1.29 is 9.53 Å². The minimum absolute atomic E-state index is 0.117. The number of aliphatic imine (C=N–C) groups is 1. The summed E-state index contributed by atoms with van der Waals surface area (Å²) in [4.78, 5) is 17.2. The second kappa shape index (κ2) is 8.54. The number of nitrogens with one attached hydrogen (secondary N) is 1. The molecule has 2 aromatic rings. The number of amidine groups is 1. The third kappa shape index (κ3) is 4.86. The second-order valence-corrected chi connectivity index (χ2v) is 6.72. The van der Waals surface area contributed by atoms with Crippen LogP contribution < -0.4 is 10.1 Å². The number of rotatable bonds is 5. The van der Waals surface area contributed by atoms with Crippen molar-refractivity contribution in [2.24, 2.45) is 4.99 Å². The summed E-state index contributed by atoms with van der Waals surface area (Å²) in [6.07, 6.45) is 4.05. The van der Waals surface area contributed by atoms with E-state index in [1.54, 1.807) is 0 Å². The van der Waals surface area contributed by atoms with Crippen LogP contribution in [0.1, 0.15) is 19.4 Å². The van der Waals surface area contributed by atoms with E-state index < -0.39 is 0 Å². The predicted molar refractivity (Wildman–Crippen MR) is 109 cm³/mol. The molecule has 5 heteroatoms. The smallest absolute Gasteiger partial charge is 0.289 e. The highest BCUT2D eigenvalue weighted by molar-refractivity contribution is 8.18. The summed E-state index contributed by atoms with van der Waals surface area (Å²) in [5.74, 6) is 1.38. The Morgan fingerprint density at radius 1 is 1.15 bits per heavy atom. The van der Waals surface area contributed by atoms with Crippen LogP contribution in [0.2, 0.25) is 0 Å². The van der Waals surface area contributed by atoms with E-state index in [0.717, 1.165) is 39.2 Å². The van der Waals surface area contributed by atoms with Crippen LogP contribution in [0.3, 0.4) is 0 Å². The molecule has 1 amide bonds. The maximum Gasteiger partial charge on any atom is 0.289 e. The molecule has 4 nitrogen and oxygen atoms in total. The minimum atomic E-state index is -0.117. The number of thioether (sulfide) groups is 1. The van der Waals surface area contributed by atoms with Crippen LogP contribution in [0.25, 0.3) is 6.08 Å². The van der Waals surface area contributed by atoms with Gasteiger partial charge in [0.2, 0.25) is 0 Å². The fraction of sp³-hybridized carbons (Fsp3) is 0.143. The Kier molecular flexibility index (Phi) is 5.92. The molecule has 0 aliphatic carbocycles. The number of ether oxygens (including phenoxy) is 1. The van der Waals surface area contributed by atoms with E-state index >= 15 is 0 Å². The van der Waals surface area contributed by atoms with Crippen molar-refractivity contribution in [2.45, 2.75) is 13.8 Å². The van der Waals surface area contributed by atoms with Crippen molar-refractivity contribution in [1.29, 1.82) is 0 Å². The van der Waals surface area contributed by atoms with Crippen molar-refractivity contribution in [3.8, 4) is 5.75 Å². The Hall–Kier alpha value is -2.79. The van der Waals surface area contributed by atoms with Gasteiger partial charge in [-0.25, -0.2) is 4.99 Å². The van der Waals surface area contributed by atoms with Gasteiger partial charge < -0.3 is 10.1 Å². The monoisotopic (exact) mass is 364 g/mol. The van der Waals surface area contributed by atoms with Gasteiger partial charge in [0.25, 0.3) is 5.24 Å². The van der Waals surface area contributed by atoms with E-state index in [1.807, 2.05) is 74.5 Å². The van der Waals surface area contributed by atoms with Gasteiger partial charge in [0.15, 0.2) is 0 Å². The molecule has 1 saturated heterocycles. The van der Waals surface area contributed by atoms with E-state index in [1.165, 1.54) is 0 Å². The predicted octanol–water partition coefficient (Wildman–Crippen LogP) is 5.56. The SMILES string of the molecule is CCOc1ccc(N=C2NC(=O)SC2=CC(C)=Cc2ccccc2)cc1. The van der Waals surface area contributed by atoms with Crippen LogP contribution in [-0.2, 0) is 0 Å². The molecule has 1 fully saturated rings. The maximum absolute atomic E-state index is 11.8. The molecule has 3 rings (SSSR count). The van der Waals surface area contributed by atoms with Gasteiger partial charge in [0.1, 0.15) is 11.6 Å². The van der Waals surface area contributed by atoms with Gasteiger partial charge in [0, 0.05) is 0 Å². The van der Waals surface area contributed by atoms with E-state index in [2.05, 4.69) is 16.4 Å². The molecule has 26 heavy (non-hydrogen) atoms. The van der Waals surface area contributed by atoms with Crippen molar-refractivity contribution >= 4 is 34.6 Å². The zero-order valence-electron chi connectivity index (χ0n) is 14.7. The lowest BCUT2D eigenvalue weighted by atomic mass is 10.1. The summed E-state index contributed by atoms with van der Waals surface area (Å²) in [7, 11) is 0. The molecule has 1 N–H and O–H groups in total. The molecule has 2 aromatic carbocycles. The number of allylic oxidation sites excluding steroid dienone is 2. The number of carbonyl (C=O) groups excluding carboxylic acids is 1. The van der Waals surface area contributed by atoms with E-state index in [0.29, 0.717) is 12.4 Å². The molecule has 0 unspecified atom stereocenters. The van der Waals surface area contributed by atoms with Crippen LogP contribution in [0.5, 0.6) is 5.75 Å². The van der Waals surface area contributed by atoms with Crippen molar-refractivity contribution in [3.63, 3.8) is 0 Å². The summed E-state index contributed by atoms with van der Waals surface area (Å²) in [6, 6.07) is 17.6. The quantitative estimate of drug-likeness (QED) is 0.756. The van der Waals surface area contributed by atoms with Crippen LogP contribution in [0.4, 0.5) is 10.5 Å². The molecule has 0 saturated carbocycles. The molecular weight excluding hydrogens is 344 g/mol. The average molecular weight is 364 g/mol. The van der Waals surface area contributed by atoms with Gasteiger partial charge in [-0.1, -0.05) is 36.4 Å². The summed E-state index contributed by atoms with van der Waals surface area (Å²) >= 11 is 1.16. The third-order valence-corrected chi connectivity index (χ3v) is 4.42. The molecule has 0 bridgehead atoms. The zero-order chi connectivity index (χ0) is 18.4. The number of hydrogen-bond acceptors (Lipinski definition) is 4. The molecule has 0 atom stereocenters. The Bertz CT molecular complexity index is 869. The molecule has 132 valence electrons. The molecular formula is C21H20N2O2S. The van der Waals surface area contributed by atoms with Gasteiger partial charge in [-0.2, -0.15) is 0 Å². The highest BCUT2D eigenvalue weighted by Gasteiger charge is 2.23. The fourth-order valence-corrected chi connectivity index (χ4v) is 3.27. The molecule has 0 radical (unpaired) electrons. The van der Waals surface area contributed by atoms with Crippen LogP contribution >= 0.6 is 11.8 Å². The molecule has 0 spiro atoms. The summed E-state index contributed by atoms with van der Waals surface area (Å²) < 4.78 is 5.44. The van der Waals surface area contributed by atoms with E-state index in [9.17, 15) is 4.79 Å². The molecule has 1 heterocycles. The first-order valence-electron chi connectivity index (χ1n) is 8.40. The number of carbonyl (C=O) groups is 1. The van der Waals surface area contributed by atoms with Gasteiger partial charge in [-0.15, -0.1) is 0 Å². The van der Waals surface area contributed by atoms with E-state index in [-0.39, 0.29) is 5.24 Å². The van der Waals surface area contributed by atoms with Crippen LogP contribution in [0.15, 0.2) is 76.1 Å². The Morgan fingerprint density at radius 3 is 2.58 bits per heavy atom. The average Bonchev–Trinajstić information content (AvgIpc) is 2.96. The maximum atomic E-state index is 11.8. The highest BCUT2D eigenvalue weighted by Crippen LogP contribution is 2.28. The minimum Gasteiger partial charge on any atom is -0.494 e. The van der Waals surface area contributed by atoms with Crippen molar-refractivity contribution in [2.75, 3.05) is 6.61 Å². The van der Waals surface area contributed by atoms with Gasteiger partial charge in [-0.05, 0) is 67.1 Å². The normalized spacial score (nSPS) is 17.6. The first-order chi connectivity index (χ1) is 12.6. The lowest BCUT2D eigenvalue weighted by molar-refractivity contribution is 0.265. The van der Waals surface area contributed by atoms with E-state index in [4.69, 9.17) is 4.74 Å². The number of benzene rings is 2. The fourth-order valence-electron chi connectivity index (χ4n) is 2.49. The Morgan fingerprint density at radius 2 is 1.88 bits per heavy atom. The second-order valence-electron chi connectivity index (χ2n) is 5.71. The van der Waals surface area contributed by atoms with Gasteiger partial charge >= 0.3 is 0 Å². The number of amides is 1. The highest BCUT2D eigenvalue weighted by atomic mass is 32.2. The lowest BCUT2D eigenvalue weighted by Gasteiger charge is -2.03. The van der Waals surface area contributed by atoms with Gasteiger partial charge in [0.05, 0.1) is 17.2 Å². The first kappa shape index (κ1) is 18.0. The molecule has 1 aliphatic heterocycles. The Labute approximate surface area is 157 Å². The molecule has 1 aliphatic rings. The largest absolute Gasteiger partial charge is 0.494 e. The first-order valence-corrected chi connectivity index (χ1v) is 9.21. The summed E-state index contributed by atoms with van der Waals surface area (Å²) in [6.45, 7) is 4.58. The summed E-state index contributed by atoms with van der Waals surface area (Å²) in [5.41, 5.74) is 2.94. The van der Waals surface area contributed by atoms with Gasteiger partial charge in [-0.3, -0.25) is 4.79 Å².